The van der Waals surface area contributed by atoms with E-state index in [9.17, 15) is 0 Å². The van der Waals surface area contributed by atoms with Gasteiger partial charge in [-0.15, -0.1) is 0 Å². The number of aromatic nitrogens is 2. The molecule has 0 saturated heterocycles. The Balaban J connectivity index is 2.14. The number of rotatable bonds is 4. The molecule has 0 aliphatic rings. The van der Waals surface area contributed by atoms with Crippen molar-refractivity contribution in [3.63, 3.8) is 0 Å². The molecule has 2 rings (SSSR count). The zero-order valence-electron chi connectivity index (χ0n) is 9.53. The molecule has 0 aliphatic heterocycles. The van der Waals surface area contributed by atoms with Gasteiger partial charge in [0.1, 0.15) is 5.82 Å². The second kappa shape index (κ2) is 5.82. The fraction of sp³-hybridized carbons (Fsp3) is 0.273. The molecule has 0 saturated carbocycles. The topological polar surface area (TPSA) is 37.8 Å². The average molecular weight is 286 g/mol. The van der Waals surface area contributed by atoms with Crippen molar-refractivity contribution in [3.05, 3.63) is 34.6 Å². The lowest BCUT2D eigenvalue weighted by atomic mass is 10.2. The van der Waals surface area contributed by atoms with Crippen LogP contribution >= 0.6 is 34.9 Å². The third-order valence-electron chi connectivity index (χ3n) is 2.11. The summed E-state index contributed by atoms with van der Waals surface area (Å²) in [5.41, 5.74) is 1.10. The monoisotopic (exact) mass is 285 g/mol. The van der Waals surface area contributed by atoms with Gasteiger partial charge < -0.3 is 5.32 Å². The Kier molecular flexibility index (Phi) is 4.39. The van der Waals surface area contributed by atoms with Gasteiger partial charge in [0.2, 0.25) is 0 Å². The van der Waals surface area contributed by atoms with Gasteiger partial charge in [0, 0.05) is 16.5 Å². The van der Waals surface area contributed by atoms with Gasteiger partial charge in [-0.1, -0.05) is 29.4 Å². The number of hydrogen-bond donors (Lipinski definition) is 1. The van der Waals surface area contributed by atoms with E-state index in [1.807, 2.05) is 26.1 Å². The van der Waals surface area contributed by atoms with Crippen molar-refractivity contribution in [2.75, 3.05) is 7.05 Å². The summed E-state index contributed by atoms with van der Waals surface area (Å²) < 4.78 is 5.09. The predicted octanol–water partition coefficient (Wildman–Crippen LogP) is 3.37. The maximum absolute atomic E-state index is 6.19. The zero-order chi connectivity index (χ0) is 12.3. The average Bonchev–Trinajstić information content (AvgIpc) is 2.68. The quantitative estimate of drug-likeness (QED) is 0.935. The lowest BCUT2D eigenvalue weighted by molar-refractivity contribution is 0.817. The molecule has 6 heteroatoms. The van der Waals surface area contributed by atoms with Crippen LogP contribution < -0.4 is 5.32 Å². The summed E-state index contributed by atoms with van der Waals surface area (Å²) in [4.78, 5) is 5.40. The number of hydrogen-bond acceptors (Lipinski definition) is 5. The van der Waals surface area contributed by atoms with E-state index in [1.165, 1.54) is 11.5 Å². The Labute approximate surface area is 114 Å². The number of nitrogens with one attached hydrogen (secondary N) is 1. The molecule has 3 nitrogen and oxygen atoms in total. The Bertz CT molecular complexity index is 513. The Morgan fingerprint density at radius 3 is 2.88 bits per heavy atom. The van der Waals surface area contributed by atoms with Crippen LogP contribution in [0, 0.1) is 6.92 Å². The van der Waals surface area contributed by atoms with Gasteiger partial charge in [0.05, 0.1) is 0 Å². The molecule has 0 fully saturated rings. The van der Waals surface area contributed by atoms with Crippen LogP contribution in [0.25, 0.3) is 0 Å². The molecule has 1 heterocycles. The highest BCUT2D eigenvalue weighted by atomic mass is 35.5. The van der Waals surface area contributed by atoms with Crippen molar-refractivity contribution in [2.24, 2.45) is 0 Å². The first-order chi connectivity index (χ1) is 8.19. The summed E-state index contributed by atoms with van der Waals surface area (Å²) in [5.74, 6) is 0.815. The highest BCUT2D eigenvalue weighted by Gasteiger charge is 2.06. The van der Waals surface area contributed by atoms with Gasteiger partial charge in [-0.25, -0.2) is 4.98 Å². The van der Waals surface area contributed by atoms with E-state index in [-0.39, 0.29) is 0 Å². The Morgan fingerprint density at radius 2 is 2.29 bits per heavy atom. The molecule has 0 amide bonds. The van der Waals surface area contributed by atoms with Crippen LogP contribution in [-0.4, -0.2) is 16.4 Å². The molecule has 90 valence electrons. The van der Waals surface area contributed by atoms with Crippen LogP contribution in [-0.2, 0) is 6.54 Å². The fourth-order valence-corrected chi connectivity index (χ4v) is 3.32. The van der Waals surface area contributed by atoms with Crippen molar-refractivity contribution < 1.29 is 0 Å². The summed E-state index contributed by atoms with van der Waals surface area (Å²) >= 11 is 9.19. The molecule has 0 unspecified atom stereocenters. The molecule has 17 heavy (non-hydrogen) atoms. The first-order valence-corrected chi connectivity index (χ1v) is 7.07. The van der Waals surface area contributed by atoms with Crippen LogP contribution in [0.1, 0.15) is 11.4 Å². The second-order valence-corrected chi connectivity index (χ2v) is 5.97. The molecule has 1 aromatic carbocycles. The summed E-state index contributed by atoms with van der Waals surface area (Å²) in [7, 11) is 1.91. The standard InChI is InChI=1S/C11H12ClN3S2/c1-7-14-11(17-15-7)16-9-4-3-8(6-13-2)10(12)5-9/h3-5,13H,6H2,1-2H3. The number of nitrogens with zero attached hydrogens (tertiary/aromatic N) is 2. The zero-order valence-corrected chi connectivity index (χ0v) is 11.9. The van der Waals surface area contributed by atoms with Gasteiger partial charge >= 0.3 is 0 Å². The van der Waals surface area contributed by atoms with E-state index in [2.05, 4.69) is 20.7 Å². The minimum absolute atomic E-state index is 0.779. The maximum atomic E-state index is 6.19. The first-order valence-electron chi connectivity index (χ1n) is 5.10. The van der Waals surface area contributed by atoms with E-state index >= 15 is 0 Å². The summed E-state index contributed by atoms with van der Waals surface area (Å²) in [6, 6.07) is 6.06. The lowest BCUT2D eigenvalue weighted by Crippen LogP contribution is -2.05. The van der Waals surface area contributed by atoms with Crippen LogP contribution in [0.4, 0.5) is 0 Å². The van der Waals surface area contributed by atoms with Crippen LogP contribution in [0.5, 0.6) is 0 Å². The minimum atomic E-state index is 0.779. The largest absolute Gasteiger partial charge is 0.316 e. The predicted molar refractivity (Wildman–Crippen MR) is 73.0 cm³/mol. The number of benzene rings is 1. The summed E-state index contributed by atoms with van der Waals surface area (Å²) in [6.07, 6.45) is 0. The highest BCUT2D eigenvalue weighted by Crippen LogP contribution is 2.31. The molecule has 0 bridgehead atoms. The van der Waals surface area contributed by atoms with Crippen LogP contribution in [0.2, 0.25) is 5.02 Å². The van der Waals surface area contributed by atoms with Gasteiger partial charge in [-0.05, 0) is 43.2 Å². The smallest absolute Gasteiger partial charge is 0.174 e. The van der Waals surface area contributed by atoms with Crippen molar-refractivity contribution in [3.8, 4) is 0 Å². The Morgan fingerprint density at radius 1 is 1.47 bits per heavy atom. The van der Waals surface area contributed by atoms with Crippen LogP contribution in [0.3, 0.4) is 0 Å². The van der Waals surface area contributed by atoms with E-state index in [0.29, 0.717) is 0 Å². The van der Waals surface area contributed by atoms with Crippen molar-refractivity contribution in [2.45, 2.75) is 22.7 Å². The molecular formula is C11H12ClN3S2. The first kappa shape index (κ1) is 12.8. The number of halogens is 1. The molecular weight excluding hydrogens is 274 g/mol. The molecule has 0 radical (unpaired) electrons. The van der Waals surface area contributed by atoms with Crippen molar-refractivity contribution in [1.82, 2.24) is 14.7 Å². The van der Waals surface area contributed by atoms with Crippen molar-refractivity contribution in [1.29, 1.82) is 0 Å². The minimum Gasteiger partial charge on any atom is -0.316 e. The van der Waals surface area contributed by atoms with Gasteiger partial charge in [0.15, 0.2) is 4.34 Å². The molecule has 0 spiro atoms. The van der Waals surface area contributed by atoms with Gasteiger partial charge in [-0.3, -0.25) is 0 Å². The molecule has 0 atom stereocenters. The third-order valence-corrected chi connectivity index (χ3v) is 4.29. The van der Waals surface area contributed by atoms with Gasteiger partial charge in [0.25, 0.3) is 0 Å². The lowest BCUT2D eigenvalue weighted by Gasteiger charge is -2.05. The van der Waals surface area contributed by atoms with Crippen molar-refractivity contribution >= 4 is 34.9 Å². The van der Waals surface area contributed by atoms with Gasteiger partial charge in [-0.2, -0.15) is 4.37 Å². The normalized spacial score (nSPS) is 10.8. The van der Waals surface area contributed by atoms with Crippen LogP contribution in [0.15, 0.2) is 27.4 Å². The molecule has 0 aliphatic carbocycles. The summed E-state index contributed by atoms with van der Waals surface area (Å²) in [5, 5.41) is 3.87. The molecule has 1 aromatic heterocycles. The third kappa shape index (κ3) is 3.42. The van der Waals surface area contributed by atoms with E-state index in [4.69, 9.17) is 11.6 Å². The second-order valence-electron chi connectivity index (χ2n) is 3.49. The Hall–Kier alpha value is -0.620. The summed E-state index contributed by atoms with van der Waals surface area (Å²) in [6.45, 7) is 2.67. The van der Waals surface area contributed by atoms with E-state index < -0.39 is 0 Å². The maximum Gasteiger partial charge on any atom is 0.174 e. The molecule has 1 N–H and O–H groups in total. The van der Waals surface area contributed by atoms with E-state index in [1.54, 1.807) is 11.8 Å². The fourth-order valence-electron chi connectivity index (χ4n) is 1.35. The SMILES string of the molecule is CNCc1ccc(Sc2nc(C)ns2)cc1Cl. The molecule has 2 aromatic rings. The highest BCUT2D eigenvalue weighted by molar-refractivity contribution is 8.01. The van der Waals surface area contributed by atoms with E-state index in [0.717, 1.165) is 32.2 Å². The number of aryl methyl sites for hydroxylation is 1.